The Hall–Kier alpha value is -2.81. The molecule has 5 rings (SSSR count). The van der Waals surface area contributed by atoms with Crippen LogP contribution in [-0.4, -0.2) is 17.4 Å². The number of halogens is 2. The van der Waals surface area contributed by atoms with Gasteiger partial charge in [-0.1, -0.05) is 6.92 Å². The minimum absolute atomic E-state index is 0.0125. The van der Waals surface area contributed by atoms with Gasteiger partial charge in [0.05, 0.1) is 12.2 Å². The van der Waals surface area contributed by atoms with E-state index in [1.54, 1.807) is 19.1 Å². The van der Waals surface area contributed by atoms with Crippen molar-refractivity contribution in [2.24, 2.45) is 10.8 Å². The van der Waals surface area contributed by atoms with Gasteiger partial charge in [-0.2, -0.15) is 5.26 Å². The maximum absolute atomic E-state index is 13.9. The lowest BCUT2D eigenvalue weighted by Crippen LogP contribution is -2.67. The number of carbonyl (C=O) groups excluding carboxylic acids is 1. The Morgan fingerprint density at radius 2 is 2.04 bits per heavy atom. The van der Waals surface area contributed by atoms with Crippen molar-refractivity contribution >= 4 is 5.78 Å². The van der Waals surface area contributed by atoms with Gasteiger partial charge < -0.3 is 4.74 Å². The fourth-order valence-corrected chi connectivity index (χ4v) is 4.70. The number of hydrogen-bond donors (Lipinski definition) is 0. The molecule has 0 radical (unpaired) electrons. The third kappa shape index (κ3) is 3.15. The third-order valence-electron chi connectivity index (χ3n) is 6.10. The number of benzene rings is 1. The fraction of sp³-hybridized carbons (Fsp3) is 0.409. The lowest BCUT2D eigenvalue weighted by atomic mass is 9.34. The lowest BCUT2D eigenvalue weighted by Gasteiger charge is -2.69. The van der Waals surface area contributed by atoms with E-state index >= 15 is 0 Å². The number of ketones is 1. The molecular formula is C22H20F2N2O2. The van der Waals surface area contributed by atoms with Gasteiger partial charge in [-0.25, -0.2) is 13.8 Å². The minimum Gasteiger partial charge on any atom is -0.477 e. The highest BCUT2D eigenvalue weighted by Crippen LogP contribution is 2.74. The van der Waals surface area contributed by atoms with Gasteiger partial charge >= 0.3 is 0 Å². The monoisotopic (exact) mass is 382 g/mol. The van der Waals surface area contributed by atoms with Crippen LogP contribution in [0, 0.1) is 33.8 Å². The van der Waals surface area contributed by atoms with Gasteiger partial charge in [-0.05, 0) is 55.0 Å². The average molecular weight is 382 g/mol. The second-order valence-corrected chi connectivity index (χ2v) is 8.29. The van der Waals surface area contributed by atoms with E-state index in [-0.39, 0.29) is 34.5 Å². The SMILES string of the molecule is C[C@H](CC(=O)C12CC(COc3ccc(C#N)cn3)(C1)C2)c1cc(F)ccc1F. The first-order chi connectivity index (χ1) is 13.3. The molecule has 0 saturated heterocycles. The molecule has 144 valence electrons. The number of nitriles is 1. The Bertz CT molecular complexity index is 946. The van der Waals surface area contributed by atoms with Gasteiger partial charge in [0.25, 0.3) is 0 Å². The van der Waals surface area contributed by atoms with Gasteiger partial charge in [-0.15, -0.1) is 0 Å². The molecular weight excluding hydrogens is 362 g/mol. The van der Waals surface area contributed by atoms with Crippen molar-refractivity contribution in [2.75, 3.05) is 6.61 Å². The zero-order chi connectivity index (χ0) is 19.9. The Balaban J connectivity index is 1.30. The number of Topliss-reactive ketones (excluding diaryl/α,β-unsaturated/α-hetero) is 1. The van der Waals surface area contributed by atoms with Crippen molar-refractivity contribution < 1.29 is 18.3 Å². The molecule has 0 aliphatic heterocycles. The smallest absolute Gasteiger partial charge is 0.213 e. The van der Waals surface area contributed by atoms with E-state index in [4.69, 9.17) is 10.00 Å². The number of nitrogens with zero attached hydrogens (tertiary/aromatic N) is 2. The molecule has 3 saturated carbocycles. The van der Waals surface area contributed by atoms with Gasteiger partial charge in [-0.3, -0.25) is 4.79 Å². The summed E-state index contributed by atoms with van der Waals surface area (Å²) in [6.07, 6.45) is 4.00. The van der Waals surface area contributed by atoms with Crippen molar-refractivity contribution in [1.82, 2.24) is 4.98 Å². The average Bonchev–Trinajstić information content (AvgIpc) is 2.62. The van der Waals surface area contributed by atoms with E-state index < -0.39 is 11.6 Å². The zero-order valence-electron chi connectivity index (χ0n) is 15.5. The summed E-state index contributed by atoms with van der Waals surface area (Å²) in [5, 5.41) is 8.78. The molecule has 1 aromatic carbocycles. The van der Waals surface area contributed by atoms with Crippen molar-refractivity contribution in [2.45, 2.75) is 38.5 Å². The maximum atomic E-state index is 13.9. The summed E-state index contributed by atoms with van der Waals surface area (Å²) in [4.78, 5) is 16.8. The Morgan fingerprint density at radius 1 is 1.29 bits per heavy atom. The highest BCUT2D eigenvalue weighted by molar-refractivity contribution is 5.89. The van der Waals surface area contributed by atoms with Gasteiger partial charge in [0, 0.05) is 29.5 Å². The zero-order valence-corrected chi connectivity index (χ0v) is 15.5. The van der Waals surface area contributed by atoms with Gasteiger partial charge in [0.2, 0.25) is 5.88 Å². The highest BCUT2D eigenvalue weighted by Gasteiger charge is 2.71. The van der Waals surface area contributed by atoms with E-state index in [9.17, 15) is 13.6 Å². The molecule has 0 amide bonds. The predicted molar refractivity (Wildman–Crippen MR) is 97.6 cm³/mol. The summed E-state index contributed by atoms with van der Waals surface area (Å²) in [6, 6.07) is 8.70. The molecule has 3 fully saturated rings. The number of carbonyl (C=O) groups is 1. The van der Waals surface area contributed by atoms with Crippen LogP contribution in [-0.2, 0) is 4.79 Å². The number of hydrogen-bond acceptors (Lipinski definition) is 4. The molecule has 0 spiro atoms. The maximum Gasteiger partial charge on any atom is 0.213 e. The van der Waals surface area contributed by atoms with Crippen molar-refractivity contribution in [3.63, 3.8) is 0 Å². The standard InChI is InChI=1S/C22H20F2N2O2/c1-14(17-7-16(23)3-4-18(17)24)6-19(27)22-10-21(11-22,12-22)13-28-20-5-2-15(8-25)9-26-20/h2-5,7,9,14H,6,10-13H2,1H3/t14-,21?,22?/m1/s1. The largest absolute Gasteiger partial charge is 0.477 e. The topological polar surface area (TPSA) is 63.0 Å². The second-order valence-electron chi connectivity index (χ2n) is 8.29. The Kier molecular flexibility index (Phi) is 4.41. The molecule has 3 aliphatic carbocycles. The summed E-state index contributed by atoms with van der Waals surface area (Å²) in [7, 11) is 0. The molecule has 0 unspecified atom stereocenters. The molecule has 2 aromatic rings. The number of ether oxygens (including phenoxy) is 1. The van der Waals surface area contributed by atoms with Crippen LogP contribution in [0.5, 0.6) is 5.88 Å². The number of rotatable bonds is 7. The first-order valence-corrected chi connectivity index (χ1v) is 9.32. The summed E-state index contributed by atoms with van der Waals surface area (Å²) < 4.78 is 33.1. The summed E-state index contributed by atoms with van der Waals surface area (Å²) in [5.74, 6) is -0.721. The predicted octanol–water partition coefficient (Wildman–Crippen LogP) is 4.54. The molecule has 1 atom stereocenters. The van der Waals surface area contributed by atoms with Crippen LogP contribution < -0.4 is 4.74 Å². The molecule has 3 aliphatic rings. The molecule has 1 aromatic heterocycles. The number of aromatic nitrogens is 1. The molecule has 28 heavy (non-hydrogen) atoms. The Labute approximate surface area is 162 Å². The summed E-state index contributed by atoms with van der Waals surface area (Å²) in [5.41, 5.74) is 0.425. The van der Waals surface area contributed by atoms with Crippen LogP contribution in [0.4, 0.5) is 8.78 Å². The van der Waals surface area contributed by atoms with Crippen molar-refractivity contribution in [3.05, 3.63) is 59.3 Å². The molecule has 1 heterocycles. The van der Waals surface area contributed by atoms with Crippen LogP contribution >= 0.6 is 0 Å². The fourth-order valence-electron chi connectivity index (χ4n) is 4.70. The summed E-state index contributed by atoms with van der Waals surface area (Å²) >= 11 is 0. The van der Waals surface area contributed by atoms with Crippen molar-refractivity contribution in [1.29, 1.82) is 5.26 Å². The van der Waals surface area contributed by atoms with Crippen LogP contribution in [0.25, 0.3) is 0 Å². The Morgan fingerprint density at radius 3 is 2.68 bits per heavy atom. The normalized spacial score (nSPS) is 25.8. The van der Waals surface area contributed by atoms with Gasteiger partial charge in [0.1, 0.15) is 23.5 Å². The van der Waals surface area contributed by atoms with E-state index in [0.29, 0.717) is 18.1 Å². The van der Waals surface area contributed by atoms with Crippen LogP contribution in [0.15, 0.2) is 36.5 Å². The van der Waals surface area contributed by atoms with E-state index in [0.717, 1.165) is 31.4 Å². The molecule has 0 N–H and O–H groups in total. The minimum atomic E-state index is -0.492. The lowest BCUT2D eigenvalue weighted by molar-refractivity contribution is -0.216. The van der Waals surface area contributed by atoms with Crippen molar-refractivity contribution in [3.8, 4) is 11.9 Å². The van der Waals surface area contributed by atoms with Crippen LogP contribution in [0.3, 0.4) is 0 Å². The first kappa shape index (κ1) is 18.5. The van der Waals surface area contributed by atoms with Gasteiger partial charge in [0.15, 0.2) is 0 Å². The number of pyridine rings is 1. The van der Waals surface area contributed by atoms with E-state index in [2.05, 4.69) is 4.98 Å². The highest BCUT2D eigenvalue weighted by atomic mass is 19.1. The second kappa shape index (κ2) is 6.66. The quantitative estimate of drug-likeness (QED) is 0.705. The third-order valence-corrected chi connectivity index (χ3v) is 6.10. The van der Waals surface area contributed by atoms with E-state index in [1.807, 2.05) is 6.07 Å². The van der Waals surface area contributed by atoms with E-state index in [1.165, 1.54) is 12.3 Å². The van der Waals surface area contributed by atoms with Crippen LogP contribution in [0.2, 0.25) is 0 Å². The molecule has 6 heteroatoms. The molecule has 4 nitrogen and oxygen atoms in total. The first-order valence-electron chi connectivity index (χ1n) is 9.32. The van der Waals surface area contributed by atoms with Crippen LogP contribution in [0.1, 0.15) is 49.7 Å². The molecule has 2 bridgehead atoms. The summed E-state index contributed by atoms with van der Waals surface area (Å²) in [6.45, 7) is 2.26.